The summed E-state index contributed by atoms with van der Waals surface area (Å²) in [7, 11) is 1.72. The zero-order valence-corrected chi connectivity index (χ0v) is 10.8. The van der Waals surface area contributed by atoms with Crippen LogP contribution >= 0.6 is 0 Å². The van der Waals surface area contributed by atoms with E-state index in [0.29, 0.717) is 6.04 Å². The fourth-order valence-corrected chi connectivity index (χ4v) is 2.86. The molecule has 1 atom stereocenters. The Hall–Kier alpha value is -1.10. The number of hydrogen-bond acceptors (Lipinski definition) is 4. The molecule has 2 heterocycles. The van der Waals surface area contributed by atoms with Crippen molar-refractivity contribution in [3.8, 4) is 5.75 Å². The van der Waals surface area contributed by atoms with E-state index in [1.807, 2.05) is 0 Å². The minimum Gasteiger partial charge on any atom is -0.497 e. The number of ether oxygens (including phenoxy) is 2. The number of fused-ring (bicyclic) bond motifs is 1. The Bertz CT molecular complexity index is 416. The van der Waals surface area contributed by atoms with Gasteiger partial charge >= 0.3 is 0 Å². The van der Waals surface area contributed by atoms with Crippen LogP contribution in [0.2, 0.25) is 0 Å². The third-order valence-corrected chi connectivity index (χ3v) is 3.85. The zero-order valence-electron chi connectivity index (χ0n) is 10.8. The lowest BCUT2D eigenvalue weighted by molar-refractivity contribution is 0.0146. The van der Waals surface area contributed by atoms with Crippen LogP contribution in [0.5, 0.6) is 5.75 Å². The van der Waals surface area contributed by atoms with Crippen molar-refractivity contribution < 1.29 is 9.47 Å². The number of nitrogens with one attached hydrogen (secondary N) is 1. The lowest BCUT2D eigenvalue weighted by Gasteiger charge is -2.38. The van der Waals surface area contributed by atoms with E-state index in [-0.39, 0.29) is 0 Å². The molecular formula is C14H20N2O2. The van der Waals surface area contributed by atoms with Crippen molar-refractivity contribution in [3.63, 3.8) is 0 Å². The Balaban J connectivity index is 1.86. The van der Waals surface area contributed by atoms with E-state index < -0.39 is 0 Å². The van der Waals surface area contributed by atoms with E-state index >= 15 is 0 Å². The number of benzene rings is 1. The molecule has 4 heteroatoms. The first-order valence-corrected chi connectivity index (χ1v) is 6.58. The van der Waals surface area contributed by atoms with Crippen LogP contribution in [0, 0.1) is 0 Å². The van der Waals surface area contributed by atoms with Crippen molar-refractivity contribution in [2.24, 2.45) is 0 Å². The van der Waals surface area contributed by atoms with Gasteiger partial charge in [-0.2, -0.15) is 0 Å². The highest BCUT2D eigenvalue weighted by Crippen LogP contribution is 2.30. The normalized spacial score (nSPS) is 24.6. The second-order valence-corrected chi connectivity index (χ2v) is 4.86. The summed E-state index contributed by atoms with van der Waals surface area (Å²) in [5.41, 5.74) is 2.80. The highest BCUT2D eigenvalue weighted by Gasteiger charge is 2.27. The van der Waals surface area contributed by atoms with Gasteiger partial charge in [0.15, 0.2) is 0 Å². The molecule has 0 aromatic heterocycles. The van der Waals surface area contributed by atoms with Crippen LogP contribution in [0.3, 0.4) is 0 Å². The second-order valence-electron chi connectivity index (χ2n) is 4.86. The SMILES string of the molecule is COc1ccc2c(c1)CNC[C@@H]2N1CCOCC1. The van der Waals surface area contributed by atoms with E-state index in [9.17, 15) is 0 Å². The first kappa shape index (κ1) is 12.0. The van der Waals surface area contributed by atoms with E-state index in [1.165, 1.54) is 11.1 Å². The maximum Gasteiger partial charge on any atom is 0.119 e. The van der Waals surface area contributed by atoms with Crippen LogP contribution in [-0.4, -0.2) is 44.9 Å². The molecule has 1 N–H and O–H groups in total. The first-order chi connectivity index (χ1) is 8.88. The van der Waals surface area contributed by atoms with Gasteiger partial charge in [0.1, 0.15) is 5.75 Å². The maximum absolute atomic E-state index is 5.43. The van der Waals surface area contributed by atoms with E-state index in [0.717, 1.165) is 45.1 Å². The molecule has 1 aromatic rings. The second kappa shape index (κ2) is 5.26. The van der Waals surface area contributed by atoms with Crippen LogP contribution in [0.25, 0.3) is 0 Å². The van der Waals surface area contributed by atoms with Crippen LogP contribution in [0.15, 0.2) is 18.2 Å². The van der Waals surface area contributed by atoms with Crippen LogP contribution in [-0.2, 0) is 11.3 Å². The van der Waals surface area contributed by atoms with Crippen molar-refractivity contribution in [2.45, 2.75) is 12.6 Å². The number of rotatable bonds is 2. The van der Waals surface area contributed by atoms with Crippen molar-refractivity contribution >= 4 is 0 Å². The smallest absolute Gasteiger partial charge is 0.119 e. The maximum atomic E-state index is 5.43. The highest BCUT2D eigenvalue weighted by molar-refractivity contribution is 5.39. The molecule has 0 bridgehead atoms. The topological polar surface area (TPSA) is 33.7 Å². The highest BCUT2D eigenvalue weighted by atomic mass is 16.5. The van der Waals surface area contributed by atoms with Crippen molar-refractivity contribution in [1.29, 1.82) is 0 Å². The van der Waals surface area contributed by atoms with Gasteiger partial charge in [-0.3, -0.25) is 4.90 Å². The molecule has 0 radical (unpaired) electrons. The minimum atomic E-state index is 0.476. The fraction of sp³-hybridized carbons (Fsp3) is 0.571. The molecule has 2 aliphatic rings. The van der Waals surface area contributed by atoms with Crippen molar-refractivity contribution in [2.75, 3.05) is 40.0 Å². The summed E-state index contributed by atoms with van der Waals surface area (Å²) >= 11 is 0. The molecule has 4 nitrogen and oxygen atoms in total. The molecule has 0 spiro atoms. The van der Waals surface area contributed by atoms with Gasteiger partial charge in [-0.15, -0.1) is 0 Å². The predicted molar refractivity (Wildman–Crippen MR) is 69.8 cm³/mol. The van der Waals surface area contributed by atoms with Crippen molar-refractivity contribution in [1.82, 2.24) is 10.2 Å². The molecule has 1 aromatic carbocycles. The van der Waals surface area contributed by atoms with Gasteiger partial charge in [0.2, 0.25) is 0 Å². The van der Waals surface area contributed by atoms with Crippen LogP contribution in [0.1, 0.15) is 17.2 Å². The summed E-state index contributed by atoms with van der Waals surface area (Å²) in [4.78, 5) is 2.51. The fourth-order valence-electron chi connectivity index (χ4n) is 2.86. The Labute approximate surface area is 108 Å². The molecule has 1 saturated heterocycles. The third-order valence-electron chi connectivity index (χ3n) is 3.85. The van der Waals surface area contributed by atoms with E-state index in [1.54, 1.807) is 7.11 Å². The van der Waals surface area contributed by atoms with Gasteiger partial charge in [-0.05, 0) is 23.3 Å². The quantitative estimate of drug-likeness (QED) is 0.852. The molecule has 0 amide bonds. The number of methoxy groups -OCH3 is 1. The number of nitrogens with zero attached hydrogens (tertiary/aromatic N) is 1. The predicted octanol–water partition coefficient (Wildman–Crippen LogP) is 1.17. The summed E-state index contributed by atoms with van der Waals surface area (Å²) in [6, 6.07) is 6.91. The number of hydrogen-bond donors (Lipinski definition) is 1. The van der Waals surface area contributed by atoms with Crippen LogP contribution in [0.4, 0.5) is 0 Å². The molecular weight excluding hydrogens is 228 g/mol. The Morgan fingerprint density at radius 1 is 1.33 bits per heavy atom. The van der Waals surface area contributed by atoms with Crippen molar-refractivity contribution in [3.05, 3.63) is 29.3 Å². The lowest BCUT2D eigenvalue weighted by Crippen LogP contribution is -2.45. The van der Waals surface area contributed by atoms with Crippen LogP contribution < -0.4 is 10.1 Å². The van der Waals surface area contributed by atoms with Gasteiger partial charge in [0.05, 0.1) is 20.3 Å². The minimum absolute atomic E-state index is 0.476. The molecule has 0 saturated carbocycles. The van der Waals surface area contributed by atoms with Gasteiger partial charge in [0, 0.05) is 32.2 Å². The average molecular weight is 248 g/mol. The molecule has 98 valence electrons. The Morgan fingerprint density at radius 2 is 2.17 bits per heavy atom. The number of morpholine rings is 1. The largest absolute Gasteiger partial charge is 0.497 e. The molecule has 0 aliphatic carbocycles. The zero-order chi connectivity index (χ0) is 12.4. The summed E-state index contributed by atoms with van der Waals surface area (Å²) in [6.07, 6.45) is 0. The van der Waals surface area contributed by atoms with E-state index in [2.05, 4.69) is 28.4 Å². The van der Waals surface area contributed by atoms with Gasteiger partial charge < -0.3 is 14.8 Å². The molecule has 18 heavy (non-hydrogen) atoms. The summed E-state index contributed by atoms with van der Waals surface area (Å²) in [6.45, 7) is 5.71. The first-order valence-electron chi connectivity index (χ1n) is 6.58. The van der Waals surface area contributed by atoms with Gasteiger partial charge in [0.25, 0.3) is 0 Å². The molecule has 3 rings (SSSR count). The molecule has 2 aliphatic heterocycles. The average Bonchev–Trinajstić information content (AvgIpc) is 2.47. The Morgan fingerprint density at radius 3 is 2.94 bits per heavy atom. The van der Waals surface area contributed by atoms with Gasteiger partial charge in [-0.25, -0.2) is 0 Å². The standard InChI is InChI=1S/C14H20N2O2/c1-17-12-2-3-13-11(8-12)9-15-10-14(13)16-4-6-18-7-5-16/h2-3,8,14-15H,4-7,9-10H2,1H3/t14-/m0/s1. The van der Waals surface area contributed by atoms with E-state index in [4.69, 9.17) is 9.47 Å². The summed E-state index contributed by atoms with van der Waals surface area (Å²) < 4.78 is 10.7. The monoisotopic (exact) mass is 248 g/mol. The third kappa shape index (κ3) is 2.23. The summed E-state index contributed by atoms with van der Waals surface area (Å²) in [5, 5.41) is 3.50. The Kier molecular flexibility index (Phi) is 3.50. The summed E-state index contributed by atoms with van der Waals surface area (Å²) in [5.74, 6) is 0.943. The lowest BCUT2D eigenvalue weighted by atomic mass is 9.95. The van der Waals surface area contributed by atoms with Gasteiger partial charge in [-0.1, -0.05) is 6.07 Å². The molecule has 0 unspecified atom stereocenters. The molecule has 1 fully saturated rings.